The van der Waals surface area contributed by atoms with Crippen molar-refractivity contribution in [2.75, 3.05) is 44.7 Å². The Hall–Kier alpha value is -3.50. The lowest BCUT2D eigenvalue weighted by atomic mass is 9.85. The summed E-state index contributed by atoms with van der Waals surface area (Å²) in [7, 11) is 0. The van der Waals surface area contributed by atoms with Crippen LogP contribution in [0, 0.1) is 11.6 Å². The molecule has 1 amide bonds. The summed E-state index contributed by atoms with van der Waals surface area (Å²) in [6.07, 6.45) is 0.781. The number of ether oxygens (including phenoxy) is 2. The number of hydrogen-bond donors (Lipinski definition) is 2. The van der Waals surface area contributed by atoms with Crippen LogP contribution in [0.2, 0.25) is 0 Å². The molecular formula is C27H29F2N3O5. The molecule has 3 aliphatic rings. The highest BCUT2D eigenvalue weighted by molar-refractivity contribution is 5.95. The second kappa shape index (κ2) is 10.5. The van der Waals surface area contributed by atoms with E-state index >= 15 is 0 Å². The number of halogens is 2. The Morgan fingerprint density at radius 3 is 2.51 bits per heavy atom. The zero-order valence-corrected chi connectivity index (χ0v) is 20.5. The van der Waals surface area contributed by atoms with Crippen LogP contribution in [-0.4, -0.2) is 78.6 Å². The van der Waals surface area contributed by atoms with Crippen LogP contribution in [0.25, 0.3) is 0 Å². The summed E-state index contributed by atoms with van der Waals surface area (Å²) in [5.41, 5.74) is 1.75. The van der Waals surface area contributed by atoms with Crippen molar-refractivity contribution in [1.29, 1.82) is 0 Å². The van der Waals surface area contributed by atoms with Gasteiger partial charge >= 0.3 is 0 Å². The van der Waals surface area contributed by atoms with Crippen molar-refractivity contribution >= 4 is 17.9 Å². The zero-order valence-electron chi connectivity index (χ0n) is 20.5. The Kier molecular flexibility index (Phi) is 7.12. The summed E-state index contributed by atoms with van der Waals surface area (Å²) in [5, 5.41) is 12.9. The maximum atomic E-state index is 13.9. The lowest BCUT2D eigenvalue weighted by molar-refractivity contribution is -0.108. The molecule has 2 saturated heterocycles. The molecule has 2 N–H and O–H groups in total. The van der Waals surface area contributed by atoms with Gasteiger partial charge in [-0.3, -0.25) is 4.79 Å². The van der Waals surface area contributed by atoms with Crippen molar-refractivity contribution in [3.63, 3.8) is 0 Å². The first-order valence-corrected chi connectivity index (χ1v) is 12.4. The number of morpholine rings is 1. The number of amides is 1. The van der Waals surface area contributed by atoms with Crippen LogP contribution in [-0.2, 0) is 9.53 Å². The van der Waals surface area contributed by atoms with Gasteiger partial charge in [0.05, 0.1) is 31.3 Å². The molecule has 37 heavy (non-hydrogen) atoms. The normalized spacial score (nSPS) is 22.4. The fourth-order valence-corrected chi connectivity index (χ4v) is 5.17. The summed E-state index contributed by atoms with van der Waals surface area (Å²) < 4.78 is 39.5. The summed E-state index contributed by atoms with van der Waals surface area (Å²) >= 11 is 0. The molecule has 3 heterocycles. The lowest BCUT2D eigenvalue weighted by Gasteiger charge is -2.38. The number of benzene rings is 2. The predicted octanol–water partition coefficient (Wildman–Crippen LogP) is 2.89. The molecule has 3 unspecified atom stereocenters. The molecule has 2 fully saturated rings. The number of fused-ring (bicyclic) bond motifs is 1. The Morgan fingerprint density at radius 2 is 1.86 bits per heavy atom. The van der Waals surface area contributed by atoms with Gasteiger partial charge < -0.3 is 34.5 Å². The number of aliphatic hydroxyl groups is 1. The Bertz CT molecular complexity index is 1210. The number of nitrogens with zero attached hydrogens (tertiary/aromatic N) is 2. The number of carbonyl (C=O) groups is 2. The van der Waals surface area contributed by atoms with E-state index in [9.17, 15) is 23.5 Å². The summed E-state index contributed by atoms with van der Waals surface area (Å²) in [6.45, 7) is 4.60. The summed E-state index contributed by atoms with van der Waals surface area (Å²) in [4.78, 5) is 29.3. The average Bonchev–Trinajstić information content (AvgIpc) is 3.32. The topological polar surface area (TPSA) is 91.3 Å². The molecule has 10 heteroatoms. The number of β-amino-alcohol motifs (C(OH)–C–C–N with tert-alkyl or cyclic N) is 1. The monoisotopic (exact) mass is 513 g/mol. The highest BCUT2D eigenvalue weighted by Gasteiger charge is 2.37. The number of nitrogens with one attached hydrogen (secondary N) is 1. The van der Waals surface area contributed by atoms with Crippen molar-refractivity contribution in [3.05, 3.63) is 70.6 Å². The third-order valence-corrected chi connectivity index (χ3v) is 6.98. The predicted molar refractivity (Wildman–Crippen MR) is 131 cm³/mol. The van der Waals surface area contributed by atoms with Gasteiger partial charge in [0.2, 0.25) is 0 Å². The van der Waals surface area contributed by atoms with Crippen LogP contribution in [0.3, 0.4) is 0 Å². The zero-order chi connectivity index (χ0) is 26.1. The van der Waals surface area contributed by atoms with Crippen molar-refractivity contribution < 1.29 is 33.0 Å². The molecule has 2 aromatic rings. The fraction of sp³-hybridized carbons (Fsp3) is 0.407. The maximum Gasteiger partial charge on any atom is 0.253 e. The Balaban J connectivity index is 1.52. The van der Waals surface area contributed by atoms with Crippen LogP contribution >= 0.6 is 0 Å². The van der Waals surface area contributed by atoms with Crippen molar-refractivity contribution in [1.82, 2.24) is 9.80 Å². The Labute approximate surface area is 213 Å². The summed E-state index contributed by atoms with van der Waals surface area (Å²) in [6, 6.07) is 7.62. The van der Waals surface area contributed by atoms with E-state index in [1.54, 1.807) is 30.0 Å². The fourth-order valence-electron chi connectivity index (χ4n) is 5.17. The van der Waals surface area contributed by atoms with Crippen LogP contribution in [0.5, 0.6) is 5.75 Å². The molecule has 0 aliphatic carbocycles. The molecule has 0 aromatic heterocycles. The number of hydrogen-bond acceptors (Lipinski definition) is 7. The van der Waals surface area contributed by atoms with E-state index in [1.807, 2.05) is 4.90 Å². The Morgan fingerprint density at radius 1 is 1.14 bits per heavy atom. The minimum absolute atomic E-state index is 0.227. The number of aliphatic hydroxyl groups excluding tert-OH is 1. The molecule has 0 radical (unpaired) electrons. The number of rotatable bonds is 6. The van der Waals surface area contributed by atoms with Gasteiger partial charge in [0.1, 0.15) is 23.7 Å². The highest BCUT2D eigenvalue weighted by Crippen LogP contribution is 2.42. The first-order valence-electron chi connectivity index (χ1n) is 12.4. The second-order valence-corrected chi connectivity index (χ2v) is 9.55. The quantitative estimate of drug-likeness (QED) is 0.574. The van der Waals surface area contributed by atoms with Crippen LogP contribution in [0.4, 0.5) is 14.5 Å². The van der Waals surface area contributed by atoms with E-state index in [0.717, 1.165) is 12.4 Å². The van der Waals surface area contributed by atoms with Gasteiger partial charge in [-0.25, -0.2) is 8.78 Å². The third kappa shape index (κ3) is 5.17. The lowest BCUT2D eigenvalue weighted by Crippen LogP contribution is -2.42. The summed E-state index contributed by atoms with van der Waals surface area (Å²) in [5.74, 6) is -1.47. The first-order chi connectivity index (χ1) is 17.8. The molecular weight excluding hydrogens is 484 g/mol. The van der Waals surface area contributed by atoms with Gasteiger partial charge in [0.25, 0.3) is 5.91 Å². The smallest absolute Gasteiger partial charge is 0.253 e. The molecule has 0 bridgehead atoms. The maximum absolute atomic E-state index is 13.9. The number of anilines is 1. The van der Waals surface area contributed by atoms with Gasteiger partial charge in [-0.05, 0) is 43.7 Å². The van der Waals surface area contributed by atoms with Crippen molar-refractivity contribution in [2.24, 2.45) is 0 Å². The van der Waals surface area contributed by atoms with Crippen LogP contribution < -0.4 is 10.1 Å². The number of aldehydes is 1. The first kappa shape index (κ1) is 25.2. The highest BCUT2D eigenvalue weighted by atomic mass is 19.1. The molecule has 3 aliphatic heterocycles. The van der Waals surface area contributed by atoms with Crippen LogP contribution in [0.1, 0.15) is 35.2 Å². The van der Waals surface area contributed by atoms with Gasteiger partial charge in [-0.1, -0.05) is 0 Å². The standard InChI is InChI=1S/C27H29F2N3O5/c1-16(30-20-12-18(28)11-19(29)13-20)25-23(15-33)22-10-17(26(35)32-5-4-21(34)14-32)2-3-24(22)37-27(25)31-6-8-36-9-7-31/h2-3,10-13,15-16,21,23,30,34H,4-9,14H2,1H3. The van der Waals surface area contributed by atoms with Crippen molar-refractivity contribution in [2.45, 2.75) is 31.4 Å². The van der Waals surface area contributed by atoms with E-state index in [0.29, 0.717) is 67.6 Å². The van der Waals surface area contributed by atoms with E-state index in [1.165, 1.54) is 12.1 Å². The second-order valence-electron chi connectivity index (χ2n) is 9.55. The molecule has 8 nitrogen and oxygen atoms in total. The van der Waals surface area contributed by atoms with Gasteiger partial charge in [-0.15, -0.1) is 0 Å². The molecule has 2 aromatic carbocycles. The van der Waals surface area contributed by atoms with E-state index in [4.69, 9.17) is 9.47 Å². The molecule has 3 atom stereocenters. The average molecular weight is 514 g/mol. The number of likely N-dealkylation sites (tertiary alicyclic amines) is 1. The van der Waals surface area contributed by atoms with E-state index in [2.05, 4.69) is 5.32 Å². The van der Waals surface area contributed by atoms with Crippen molar-refractivity contribution in [3.8, 4) is 5.75 Å². The molecule has 5 rings (SSSR count). The van der Waals surface area contributed by atoms with Gasteiger partial charge in [0.15, 0.2) is 5.88 Å². The molecule has 196 valence electrons. The van der Waals surface area contributed by atoms with Crippen LogP contribution in [0.15, 0.2) is 47.9 Å². The van der Waals surface area contributed by atoms with E-state index in [-0.39, 0.29) is 18.1 Å². The number of carbonyl (C=O) groups excluding carboxylic acids is 2. The van der Waals surface area contributed by atoms with Gasteiger partial charge in [-0.2, -0.15) is 0 Å². The third-order valence-electron chi connectivity index (χ3n) is 6.98. The minimum atomic E-state index is -0.764. The van der Waals surface area contributed by atoms with E-state index < -0.39 is 29.7 Å². The molecule has 0 spiro atoms. The SMILES string of the molecule is CC(Nc1cc(F)cc(F)c1)C1=C(N2CCOCC2)Oc2ccc(C(=O)N3CCC(O)C3)cc2C1C=O. The molecule has 0 saturated carbocycles. The van der Waals surface area contributed by atoms with Gasteiger partial charge in [0, 0.05) is 54.6 Å². The largest absolute Gasteiger partial charge is 0.441 e. The minimum Gasteiger partial charge on any atom is -0.441 e.